The van der Waals surface area contributed by atoms with E-state index in [1.807, 2.05) is 6.92 Å². The molecule has 30 heavy (non-hydrogen) atoms. The summed E-state index contributed by atoms with van der Waals surface area (Å²) in [5.74, 6) is 0.339. The van der Waals surface area contributed by atoms with E-state index in [1.54, 1.807) is 25.3 Å². The Morgan fingerprint density at radius 2 is 1.90 bits per heavy atom. The van der Waals surface area contributed by atoms with E-state index in [4.69, 9.17) is 13.9 Å². The lowest BCUT2D eigenvalue weighted by atomic mass is 10.2. The topological polar surface area (TPSA) is 102 Å². The van der Waals surface area contributed by atoms with Crippen molar-refractivity contribution in [2.45, 2.75) is 59.2 Å². The summed E-state index contributed by atoms with van der Waals surface area (Å²) in [6, 6.07) is 3.47. The van der Waals surface area contributed by atoms with Crippen LogP contribution >= 0.6 is 0 Å². The molecule has 0 aliphatic carbocycles. The smallest absolute Gasteiger partial charge is 0.353 e. The van der Waals surface area contributed by atoms with E-state index >= 15 is 0 Å². The van der Waals surface area contributed by atoms with Crippen LogP contribution in [0.5, 0.6) is 11.8 Å². The van der Waals surface area contributed by atoms with Gasteiger partial charge >= 0.3 is 11.6 Å². The molecule has 9 nitrogen and oxygen atoms in total. The molecule has 166 valence electrons. The molecule has 0 N–H and O–H groups in total. The Balaban J connectivity index is 2.14. The predicted octanol–water partition coefficient (Wildman–Crippen LogP) is 4.67. The third-order valence-corrected chi connectivity index (χ3v) is 9.83. The Morgan fingerprint density at radius 3 is 2.50 bits per heavy atom. The van der Waals surface area contributed by atoms with Crippen molar-refractivity contribution in [2.75, 3.05) is 19.8 Å². The van der Waals surface area contributed by atoms with Gasteiger partial charge in [-0.25, -0.2) is 9.67 Å². The summed E-state index contributed by atoms with van der Waals surface area (Å²) < 4.78 is 18.8. The molecule has 0 spiro atoms. The number of rotatable bonds is 10. The van der Waals surface area contributed by atoms with Crippen LogP contribution in [-0.2, 0) is 4.43 Å². The molecule has 0 saturated carbocycles. The highest BCUT2D eigenvalue weighted by atomic mass is 28.4. The summed E-state index contributed by atoms with van der Waals surface area (Å²) in [6.07, 6.45) is 2.22. The van der Waals surface area contributed by atoms with Crippen LogP contribution in [-0.4, -0.2) is 47.8 Å². The minimum absolute atomic E-state index is 0.0175. The lowest BCUT2D eigenvalue weighted by Gasteiger charge is -2.36. The summed E-state index contributed by atoms with van der Waals surface area (Å²) in [6.45, 7) is 15.6. The molecule has 0 amide bonds. The Morgan fingerprint density at radius 1 is 1.20 bits per heavy atom. The third kappa shape index (κ3) is 5.36. The van der Waals surface area contributed by atoms with Crippen molar-refractivity contribution in [3.05, 3.63) is 34.1 Å². The van der Waals surface area contributed by atoms with Crippen molar-refractivity contribution in [3.8, 4) is 17.4 Å². The molecule has 10 heteroatoms. The van der Waals surface area contributed by atoms with Crippen molar-refractivity contribution in [3.63, 3.8) is 0 Å². The van der Waals surface area contributed by atoms with Crippen LogP contribution in [0.15, 0.2) is 18.3 Å². The summed E-state index contributed by atoms with van der Waals surface area (Å²) in [4.78, 5) is 15.4. The quantitative estimate of drug-likeness (QED) is 0.231. The van der Waals surface area contributed by atoms with Crippen molar-refractivity contribution in [2.24, 2.45) is 0 Å². The number of aromatic nitrogens is 3. The van der Waals surface area contributed by atoms with Crippen LogP contribution in [0.1, 0.15) is 39.8 Å². The van der Waals surface area contributed by atoms with Crippen molar-refractivity contribution in [1.82, 2.24) is 14.8 Å². The van der Waals surface area contributed by atoms with Crippen molar-refractivity contribution in [1.29, 1.82) is 0 Å². The second-order valence-corrected chi connectivity index (χ2v) is 13.3. The normalized spacial score (nSPS) is 12.1. The number of pyridine rings is 1. The molecule has 0 aromatic carbocycles. The summed E-state index contributed by atoms with van der Waals surface area (Å²) in [7, 11) is -1.83. The molecule has 0 saturated heterocycles. The molecular weight excluding hydrogens is 404 g/mol. The zero-order valence-corrected chi connectivity index (χ0v) is 19.9. The van der Waals surface area contributed by atoms with E-state index < -0.39 is 13.2 Å². The second-order valence-electron chi connectivity index (χ2n) is 8.48. The molecule has 0 radical (unpaired) electrons. The maximum absolute atomic E-state index is 11.6. The molecule has 0 bridgehead atoms. The standard InChI is InChI=1S/C20H32N4O5Si/c1-8-27-18-16(11-9-12-21-18)23-15(2)17(24(25)26)19(22-23)28-13-10-14-29-30(6,7)20(3,4)5/h9,11-12H,8,10,13-14H2,1-7H3. The Kier molecular flexibility index (Phi) is 7.59. The summed E-state index contributed by atoms with van der Waals surface area (Å²) >= 11 is 0. The summed E-state index contributed by atoms with van der Waals surface area (Å²) in [5.41, 5.74) is 0.712. The molecule has 0 fully saturated rings. The fraction of sp³-hybridized carbons (Fsp3) is 0.600. The van der Waals surface area contributed by atoms with E-state index in [0.717, 1.165) is 0 Å². The first-order valence-corrected chi connectivity index (χ1v) is 13.0. The van der Waals surface area contributed by atoms with Gasteiger partial charge in [-0.05, 0) is 44.1 Å². The molecule has 2 aromatic rings. The molecule has 2 rings (SSSR count). The monoisotopic (exact) mass is 436 g/mol. The fourth-order valence-corrected chi connectivity index (χ4v) is 3.66. The van der Waals surface area contributed by atoms with Gasteiger partial charge in [0.25, 0.3) is 0 Å². The van der Waals surface area contributed by atoms with E-state index in [9.17, 15) is 10.1 Å². The molecule has 0 unspecified atom stereocenters. The van der Waals surface area contributed by atoms with Crippen LogP contribution in [0.2, 0.25) is 18.1 Å². The average Bonchev–Trinajstić information content (AvgIpc) is 2.97. The first kappa shape index (κ1) is 23.8. The van der Waals surface area contributed by atoms with Crippen LogP contribution in [0.3, 0.4) is 0 Å². The third-order valence-electron chi connectivity index (χ3n) is 5.29. The highest BCUT2D eigenvalue weighted by Crippen LogP contribution is 2.37. The fourth-order valence-electron chi connectivity index (χ4n) is 2.57. The first-order chi connectivity index (χ1) is 14.0. The molecule has 0 aliphatic rings. The van der Waals surface area contributed by atoms with Gasteiger partial charge in [-0.15, -0.1) is 5.10 Å². The maximum Gasteiger partial charge on any atom is 0.353 e. The van der Waals surface area contributed by atoms with Gasteiger partial charge in [0.1, 0.15) is 11.4 Å². The van der Waals surface area contributed by atoms with Gasteiger partial charge in [-0.1, -0.05) is 20.8 Å². The van der Waals surface area contributed by atoms with E-state index in [0.29, 0.717) is 36.9 Å². The minimum atomic E-state index is -1.83. The highest BCUT2D eigenvalue weighted by molar-refractivity contribution is 6.74. The van der Waals surface area contributed by atoms with Gasteiger partial charge in [0.15, 0.2) is 8.32 Å². The van der Waals surface area contributed by atoms with Gasteiger partial charge in [0.05, 0.1) is 18.1 Å². The largest absolute Gasteiger partial charge is 0.476 e. The Labute approximate surface area is 178 Å². The zero-order chi connectivity index (χ0) is 22.5. The van der Waals surface area contributed by atoms with Gasteiger partial charge in [0, 0.05) is 19.2 Å². The van der Waals surface area contributed by atoms with Crippen molar-refractivity contribution >= 4 is 14.0 Å². The van der Waals surface area contributed by atoms with Gasteiger partial charge < -0.3 is 13.9 Å². The SMILES string of the molecule is CCOc1ncccc1-n1nc(OCCCO[Si](C)(C)C(C)(C)C)c([N+](=O)[O-])c1C. The molecule has 2 aromatic heterocycles. The van der Waals surface area contributed by atoms with E-state index in [2.05, 4.69) is 43.9 Å². The number of ether oxygens (including phenoxy) is 2. The van der Waals surface area contributed by atoms with Crippen LogP contribution in [0.25, 0.3) is 5.69 Å². The van der Waals surface area contributed by atoms with Crippen molar-refractivity contribution < 1.29 is 18.8 Å². The predicted molar refractivity (Wildman–Crippen MR) is 117 cm³/mol. The highest BCUT2D eigenvalue weighted by Gasteiger charge is 2.37. The molecule has 0 aliphatic heterocycles. The van der Waals surface area contributed by atoms with Gasteiger partial charge in [0.2, 0.25) is 5.88 Å². The number of nitrogens with zero attached hydrogens (tertiary/aromatic N) is 4. The summed E-state index contributed by atoms with van der Waals surface area (Å²) in [5, 5.41) is 16.1. The molecule has 0 atom stereocenters. The number of hydrogen-bond donors (Lipinski definition) is 0. The van der Waals surface area contributed by atoms with Gasteiger partial charge in [-0.2, -0.15) is 0 Å². The lowest BCUT2D eigenvalue weighted by Crippen LogP contribution is -2.41. The molecule has 2 heterocycles. The van der Waals surface area contributed by atoms with E-state index in [-0.39, 0.29) is 23.2 Å². The minimum Gasteiger partial charge on any atom is -0.476 e. The average molecular weight is 437 g/mol. The van der Waals surface area contributed by atoms with Crippen LogP contribution in [0, 0.1) is 17.0 Å². The number of nitro groups is 1. The zero-order valence-electron chi connectivity index (χ0n) is 18.9. The Hall–Kier alpha value is -2.46. The number of hydrogen-bond acceptors (Lipinski definition) is 7. The Bertz CT molecular complexity index is 877. The second kappa shape index (κ2) is 9.56. The van der Waals surface area contributed by atoms with Gasteiger partial charge in [-0.3, -0.25) is 10.1 Å². The molecular formula is C20H32N4O5Si. The van der Waals surface area contributed by atoms with Crippen LogP contribution in [0.4, 0.5) is 5.69 Å². The first-order valence-electron chi connectivity index (χ1n) is 10.1. The van der Waals surface area contributed by atoms with Crippen LogP contribution < -0.4 is 9.47 Å². The maximum atomic E-state index is 11.6. The lowest BCUT2D eigenvalue weighted by molar-refractivity contribution is -0.386. The van der Waals surface area contributed by atoms with E-state index in [1.165, 1.54) is 4.68 Å².